The van der Waals surface area contributed by atoms with E-state index in [0.29, 0.717) is 0 Å². The molecule has 0 saturated carbocycles. The minimum atomic E-state index is -0.229. The van der Waals surface area contributed by atoms with Gasteiger partial charge in [0.05, 0.1) is 5.92 Å². The molecule has 0 bridgehead atoms. The van der Waals surface area contributed by atoms with Crippen LogP contribution in [0.3, 0.4) is 0 Å². The Labute approximate surface area is 119 Å². The van der Waals surface area contributed by atoms with Gasteiger partial charge >= 0.3 is 0 Å². The summed E-state index contributed by atoms with van der Waals surface area (Å²) < 4.78 is 0. The molecule has 20 heavy (non-hydrogen) atoms. The van der Waals surface area contributed by atoms with Crippen molar-refractivity contribution < 1.29 is 4.79 Å². The third kappa shape index (κ3) is 2.03. The summed E-state index contributed by atoms with van der Waals surface area (Å²) in [5, 5.41) is 0. The van der Waals surface area contributed by atoms with Crippen LogP contribution in [0.2, 0.25) is 0 Å². The largest absolute Gasteiger partial charge is 0.348 e. The fraction of sp³-hybridized carbons (Fsp3) is 0.167. The molecule has 0 aromatic heterocycles. The first-order valence-corrected chi connectivity index (χ1v) is 6.75. The van der Waals surface area contributed by atoms with Crippen LogP contribution in [0.4, 0.5) is 0 Å². The first kappa shape index (κ1) is 12.7. The van der Waals surface area contributed by atoms with E-state index in [0.717, 1.165) is 22.3 Å². The second kappa shape index (κ2) is 4.97. The van der Waals surface area contributed by atoms with E-state index in [1.54, 1.807) is 4.90 Å². The van der Waals surface area contributed by atoms with Gasteiger partial charge in [-0.15, -0.1) is 0 Å². The number of hydrogen-bond donors (Lipinski definition) is 0. The summed E-state index contributed by atoms with van der Waals surface area (Å²) in [6.07, 6.45) is 4.19. The molecule has 2 nitrogen and oxygen atoms in total. The van der Waals surface area contributed by atoms with Crippen molar-refractivity contribution in [1.82, 2.24) is 4.90 Å². The van der Waals surface area contributed by atoms with Crippen LogP contribution in [-0.4, -0.2) is 24.9 Å². The van der Waals surface area contributed by atoms with Gasteiger partial charge in [-0.05, 0) is 22.3 Å². The summed E-state index contributed by atoms with van der Waals surface area (Å²) in [6, 6.07) is 16.2. The normalized spacial score (nSPS) is 13.3. The SMILES string of the molecule is CN(C)C(=O)C1c2ccccc2C=Cc2ccccc21. The van der Waals surface area contributed by atoms with Gasteiger partial charge < -0.3 is 4.90 Å². The van der Waals surface area contributed by atoms with Gasteiger partial charge in [-0.1, -0.05) is 60.7 Å². The summed E-state index contributed by atoms with van der Waals surface area (Å²) in [6.45, 7) is 0. The average molecular weight is 263 g/mol. The number of hydrogen-bond acceptors (Lipinski definition) is 1. The maximum Gasteiger partial charge on any atom is 0.234 e. The highest BCUT2D eigenvalue weighted by molar-refractivity contribution is 5.92. The van der Waals surface area contributed by atoms with Crippen LogP contribution < -0.4 is 0 Å². The Kier molecular flexibility index (Phi) is 3.15. The zero-order valence-electron chi connectivity index (χ0n) is 11.7. The van der Waals surface area contributed by atoms with E-state index in [9.17, 15) is 4.79 Å². The highest BCUT2D eigenvalue weighted by Crippen LogP contribution is 2.35. The lowest BCUT2D eigenvalue weighted by molar-refractivity contribution is -0.129. The lowest BCUT2D eigenvalue weighted by Crippen LogP contribution is -2.29. The van der Waals surface area contributed by atoms with E-state index in [1.165, 1.54) is 0 Å². The van der Waals surface area contributed by atoms with Crippen molar-refractivity contribution in [3.05, 3.63) is 70.8 Å². The minimum absolute atomic E-state index is 0.119. The number of carbonyl (C=O) groups is 1. The molecule has 2 aromatic carbocycles. The molecular weight excluding hydrogens is 246 g/mol. The van der Waals surface area contributed by atoms with Gasteiger partial charge in [0.15, 0.2) is 0 Å². The second-order valence-electron chi connectivity index (χ2n) is 5.26. The molecule has 0 unspecified atom stereocenters. The Morgan fingerprint density at radius 2 is 1.30 bits per heavy atom. The van der Waals surface area contributed by atoms with Crippen LogP contribution >= 0.6 is 0 Å². The molecule has 3 rings (SSSR count). The van der Waals surface area contributed by atoms with Crippen LogP contribution in [0.1, 0.15) is 28.2 Å². The number of fused-ring (bicyclic) bond motifs is 2. The van der Waals surface area contributed by atoms with Crippen LogP contribution in [0.5, 0.6) is 0 Å². The predicted octanol–water partition coefficient (Wildman–Crippen LogP) is 3.39. The van der Waals surface area contributed by atoms with Crippen LogP contribution in [0, 0.1) is 0 Å². The number of carbonyl (C=O) groups excluding carboxylic acids is 1. The van der Waals surface area contributed by atoms with Crippen LogP contribution in [-0.2, 0) is 4.79 Å². The van der Waals surface area contributed by atoms with Crippen molar-refractivity contribution in [3.8, 4) is 0 Å². The summed E-state index contributed by atoms with van der Waals surface area (Å²) in [4.78, 5) is 14.3. The standard InChI is InChI=1S/C18H17NO/c1-19(2)18(20)17-15-9-5-3-7-13(15)11-12-14-8-4-6-10-16(14)17/h3-12,17H,1-2H3. The van der Waals surface area contributed by atoms with Gasteiger partial charge in [-0.2, -0.15) is 0 Å². The van der Waals surface area contributed by atoms with Gasteiger partial charge in [0, 0.05) is 14.1 Å². The number of likely N-dealkylation sites (N-methyl/N-ethyl adjacent to an activating group) is 1. The summed E-state index contributed by atoms with van der Waals surface area (Å²) in [5.74, 6) is -0.110. The van der Waals surface area contributed by atoms with Crippen molar-refractivity contribution in [1.29, 1.82) is 0 Å². The molecular formula is C18H17NO. The van der Waals surface area contributed by atoms with Gasteiger partial charge in [-0.25, -0.2) is 0 Å². The highest BCUT2D eigenvalue weighted by Gasteiger charge is 2.28. The lowest BCUT2D eigenvalue weighted by Gasteiger charge is -2.23. The van der Waals surface area contributed by atoms with Crippen molar-refractivity contribution >= 4 is 18.1 Å². The van der Waals surface area contributed by atoms with Crippen LogP contribution in [0.25, 0.3) is 12.2 Å². The van der Waals surface area contributed by atoms with E-state index >= 15 is 0 Å². The third-order valence-electron chi connectivity index (χ3n) is 3.74. The summed E-state index contributed by atoms with van der Waals surface area (Å²) in [7, 11) is 3.62. The highest BCUT2D eigenvalue weighted by atomic mass is 16.2. The zero-order valence-corrected chi connectivity index (χ0v) is 11.7. The molecule has 2 heteroatoms. The molecule has 1 aliphatic rings. The number of amides is 1. The quantitative estimate of drug-likeness (QED) is 0.772. The van der Waals surface area contributed by atoms with Crippen molar-refractivity contribution in [3.63, 3.8) is 0 Å². The smallest absolute Gasteiger partial charge is 0.234 e. The molecule has 2 aromatic rings. The summed E-state index contributed by atoms with van der Waals surface area (Å²) in [5.41, 5.74) is 4.38. The monoisotopic (exact) mass is 263 g/mol. The Morgan fingerprint density at radius 3 is 1.75 bits per heavy atom. The minimum Gasteiger partial charge on any atom is -0.348 e. The second-order valence-corrected chi connectivity index (χ2v) is 5.26. The number of benzene rings is 2. The first-order valence-electron chi connectivity index (χ1n) is 6.75. The maximum absolute atomic E-state index is 12.7. The molecule has 0 atom stereocenters. The van der Waals surface area contributed by atoms with Crippen molar-refractivity contribution in [2.75, 3.05) is 14.1 Å². The number of rotatable bonds is 1. The molecule has 0 aliphatic heterocycles. The van der Waals surface area contributed by atoms with Crippen molar-refractivity contribution in [2.45, 2.75) is 5.92 Å². The first-order chi connectivity index (χ1) is 9.68. The molecule has 0 spiro atoms. The Bertz CT molecular complexity index is 636. The van der Waals surface area contributed by atoms with E-state index in [4.69, 9.17) is 0 Å². The van der Waals surface area contributed by atoms with Gasteiger partial charge in [-0.3, -0.25) is 4.79 Å². The van der Waals surface area contributed by atoms with Crippen molar-refractivity contribution in [2.24, 2.45) is 0 Å². The third-order valence-corrected chi connectivity index (χ3v) is 3.74. The van der Waals surface area contributed by atoms with Gasteiger partial charge in [0.25, 0.3) is 0 Å². The topological polar surface area (TPSA) is 20.3 Å². The number of nitrogens with zero attached hydrogens (tertiary/aromatic N) is 1. The lowest BCUT2D eigenvalue weighted by atomic mass is 9.87. The van der Waals surface area contributed by atoms with Gasteiger partial charge in [0.1, 0.15) is 0 Å². The van der Waals surface area contributed by atoms with E-state index in [2.05, 4.69) is 24.3 Å². The molecule has 100 valence electrons. The van der Waals surface area contributed by atoms with E-state index in [-0.39, 0.29) is 11.8 Å². The van der Waals surface area contributed by atoms with E-state index in [1.807, 2.05) is 50.5 Å². The molecule has 0 saturated heterocycles. The maximum atomic E-state index is 12.7. The molecule has 1 amide bonds. The Balaban J connectivity index is 2.26. The fourth-order valence-electron chi connectivity index (χ4n) is 2.72. The Morgan fingerprint density at radius 1 is 0.850 bits per heavy atom. The molecule has 0 fully saturated rings. The molecule has 0 heterocycles. The predicted molar refractivity (Wildman–Crippen MR) is 82.3 cm³/mol. The average Bonchev–Trinajstić information content (AvgIpc) is 2.63. The van der Waals surface area contributed by atoms with Gasteiger partial charge in [0.2, 0.25) is 5.91 Å². The zero-order chi connectivity index (χ0) is 14.1. The molecule has 0 N–H and O–H groups in total. The Hall–Kier alpha value is -2.35. The summed E-state index contributed by atoms with van der Waals surface area (Å²) >= 11 is 0. The van der Waals surface area contributed by atoms with Crippen LogP contribution in [0.15, 0.2) is 48.5 Å². The van der Waals surface area contributed by atoms with E-state index < -0.39 is 0 Å². The molecule has 0 radical (unpaired) electrons. The molecule has 1 aliphatic carbocycles. The fourth-order valence-corrected chi connectivity index (χ4v) is 2.72.